The number of nitrogens with zero attached hydrogens (tertiary/aromatic N) is 1. The maximum atomic E-state index is 12.6. The lowest BCUT2D eigenvalue weighted by molar-refractivity contribution is -0.136. The van der Waals surface area contributed by atoms with Crippen molar-refractivity contribution in [1.29, 1.82) is 0 Å². The Morgan fingerprint density at radius 2 is 1.82 bits per heavy atom. The second-order valence-corrected chi connectivity index (χ2v) is 4.13. The van der Waals surface area contributed by atoms with Gasteiger partial charge in [0.1, 0.15) is 0 Å². The summed E-state index contributed by atoms with van der Waals surface area (Å²) in [6, 6.07) is 5.55. The van der Waals surface area contributed by atoms with Crippen molar-refractivity contribution in [2.45, 2.75) is 12.6 Å². The molecule has 2 nitrogen and oxygen atoms in total. The van der Waals surface area contributed by atoms with Crippen LogP contribution in [0.5, 0.6) is 0 Å². The van der Waals surface area contributed by atoms with Gasteiger partial charge >= 0.3 is 6.18 Å². The largest absolute Gasteiger partial charge is 0.418 e. The van der Waals surface area contributed by atoms with Gasteiger partial charge < -0.3 is 10.2 Å². The van der Waals surface area contributed by atoms with Gasteiger partial charge in [-0.25, -0.2) is 0 Å². The second-order valence-electron chi connectivity index (χ2n) is 4.13. The standard InChI is InChI=1S/C12H17F3N2/c1-17(2)9-5-8-16-11-7-4-3-6-10(11)12(13,14)15/h3-4,6-7,16H,5,8-9H2,1-2H3. The molecule has 0 bridgehead atoms. The molecule has 0 unspecified atom stereocenters. The summed E-state index contributed by atoms with van der Waals surface area (Å²) in [5.41, 5.74) is -0.455. The maximum Gasteiger partial charge on any atom is 0.418 e. The topological polar surface area (TPSA) is 15.3 Å². The third-order valence-corrected chi connectivity index (χ3v) is 2.33. The number of anilines is 1. The molecule has 0 radical (unpaired) electrons. The fourth-order valence-electron chi connectivity index (χ4n) is 1.50. The molecule has 0 amide bonds. The van der Waals surface area contributed by atoms with Gasteiger partial charge in [-0.1, -0.05) is 12.1 Å². The molecule has 0 fully saturated rings. The van der Waals surface area contributed by atoms with Crippen LogP contribution in [0.2, 0.25) is 0 Å². The zero-order valence-electron chi connectivity index (χ0n) is 10.0. The predicted molar refractivity (Wildman–Crippen MR) is 63.1 cm³/mol. The van der Waals surface area contributed by atoms with E-state index in [0.717, 1.165) is 19.0 Å². The zero-order chi connectivity index (χ0) is 12.9. The molecule has 0 aliphatic rings. The van der Waals surface area contributed by atoms with Crippen LogP contribution in [0.25, 0.3) is 0 Å². The molecule has 0 aliphatic heterocycles. The highest BCUT2D eigenvalue weighted by atomic mass is 19.4. The molecule has 1 aromatic carbocycles. The number of hydrogen-bond acceptors (Lipinski definition) is 2. The first-order valence-corrected chi connectivity index (χ1v) is 5.46. The lowest BCUT2D eigenvalue weighted by Gasteiger charge is -2.15. The lowest BCUT2D eigenvalue weighted by atomic mass is 10.1. The van der Waals surface area contributed by atoms with Crippen LogP contribution in [-0.2, 0) is 6.18 Å². The van der Waals surface area contributed by atoms with Crippen LogP contribution in [0, 0.1) is 0 Å². The van der Waals surface area contributed by atoms with Crippen LogP contribution >= 0.6 is 0 Å². The van der Waals surface area contributed by atoms with Crippen LogP contribution in [0.1, 0.15) is 12.0 Å². The van der Waals surface area contributed by atoms with Gasteiger partial charge in [-0.15, -0.1) is 0 Å². The van der Waals surface area contributed by atoms with Crippen LogP contribution < -0.4 is 5.32 Å². The minimum absolute atomic E-state index is 0.152. The molecule has 96 valence electrons. The average molecular weight is 246 g/mol. The third kappa shape index (κ3) is 4.65. The van der Waals surface area contributed by atoms with Crippen LogP contribution in [0.3, 0.4) is 0 Å². The molecule has 0 aromatic heterocycles. The van der Waals surface area contributed by atoms with Crippen molar-refractivity contribution in [2.75, 3.05) is 32.5 Å². The summed E-state index contributed by atoms with van der Waals surface area (Å²) in [5, 5.41) is 2.83. The van der Waals surface area contributed by atoms with Crippen molar-refractivity contribution in [2.24, 2.45) is 0 Å². The maximum absolute atomic E-state index is 12.6. The summed E-state index contributed by atoms with van der Waals surface area (Å²) in [6.45, 7) is 1.38. The highest BCUT2D eigenvalue weighted by Crippen LogP contribution is 2.34. The van der Waals surface area contributed by atoms with E-state index < -0.39 is 11.7 Å². The molecule has 0 heterocycles. The Morgan fingerprint density at radius 1 is 1.18 bits per heavy atom. The summed E-state index contributed by atoms with van der Waals surface area (Å²) >= 11 is 0. The number of alkyl halides is 3. The normalized spacial score (nSPS) is 11.9. The number of halogens is 3. The van der Waals surface area contributed by atoms with E-state index in [-0.39, 0.29) is 5.69 Å². The quantitative estimate of drug-likeness (QED) is 0.803. The highest BCUT2D eigenvalue weighted by Gasteiger charge is 2.32. The number of para-hydroxylation sites is 1. The van der Waals surface area contributed by atoms with Gasteiger partial charge in [-0.2, -0.15) is 13.2 Å². The first-order chi connectivity index (χ1) is 7.91. The number of rotatable bonds is 5. The summed E-state index contributed by atoms with van der Waals surface area (Å²) in [6.07, 6.45) is -3.50. The first-order valence-electron chi connectivity index (χ1n) is 5.46. The summed E-state index contributed by atoms with van der Waals surface area (Å²) in [5.74, 6) is 0. The molecule has 1 N–H and O–H groups in total. The monoisotopic (exact) mass is 246 g/mol. The Hall–Kier alpha value is -1.23. The van der Waals surface area contributed by atoms with Gasteiger partial charge in [0.05, 0.1) is 5.56 Å². The second kappa shape index (κ2) is 5.91. The Morgan fingerprint density at radius 3 is 2.41 bits per heavy atom. The van der Waals surface area contributed by atoms with Crippen molar-refractivity contribution in [1.82, 2.24) is 4.90 Å². The van der Waals surface area contributed by atoms with Gasteiger partial charge in [-0.05, 0) is 39.2 Å². The molecule has 1 rings (SSSR count). The van der Waals surface area contributed by atoms with Gasteiger partial charge in [0.15, 0.2) is 0 Å². The van der Waals surface area contributed by atoms with E-state index in [2.05, 4.69) is 5.32 Å². The van der Waals surface area contributed by atoms with Gasteiger partial charge in [-0.3, -0.25) is 0 Å². The fourth-order valence-corrected chi connectivity index (χ4v) is 1.50. The first kappa shape index (κ1) is 13.8. The van der Waals surface area contributed by atoms with Crippen LogP contribution in [0.4, 0.5) is 18.9 Å². The van der Waals surface area contributed by atoms with E-state index in [1.807, 2.05) is 19.0 Å². The minimum atomic E-state index is -4.30. The summed E-state index contributed by atoms with van der Waals surface area (Å²) in [4.78, 5) is 2.00. The Kier molecular flexibility index (Phi) is 4.81. The molecule has 0 aliphatic carbocycles. The SMILES string of the molecule is CN(C)CCCNc1ccccc1C(F)(F)F. The molecule has 0 saturated carbocycles. The van der Waals surface area contributed by atoms with Gasteiger partial charge in [0.25, 0.3) is 0 Å². The average Bonchev–Trinajstić information content (AvgIpc) is 2.23. The Bertz CT molecular complexity index is 348. The van der Waals surface area contributed by atoms with E-state index in [1.54, 1.807) is 6.07 Å². The fraction of sp³-hybridized carbons (Fsp3) is 0.500. The van der Waals surface area contributed by atoms with E-state index in [9.17, 15) is 13.2 Å². The molecule has 0 spiro atoms. The van der Waals surface area contributed by atoms with E-state index >= 15 is 0 Å². The molecule has 0 atom stereocenters. The van der Waals surface area contributed by atoms with Gasteiger partial charge in [0.2, 0.25) is 0 Å². The van der Waals surface area contributed by atoms with Crippen molar-refractivity contribution in [3.05, 3.63) is 29.8 Å². The molecular formula is C12H17F3N2. The zero-order valence-corrected chi connectivity index (χ0v) is 10.0. The van der Waals surface area contributed by atoms with Crippen molar-refractivity contribution in [3.8, 4) is 0 Å². The van der Waals surface area contributed by atoms with Crippen LogP contribution in [0.15, 0.2) is 24.3 Å². The van der Waals surface area contributed by atoms with Crippen molar-refractivity contribution >= 4 is 5.69 Å². The Labute approximate surface area is 99.4 Å². The van der Waals surface area contributed by atoms with E-state index in [1.165, 1.54) is 12.1 Å². The van der Waals surface area contributed by atoms with Crippen LogP contribution in [-0.4, -0.2) is 32.1 Å². The molecule has 0 saturated heterocycles. The number of benzene rings is 1. The molecule has 5 heteroatoms. The minimum Gasteiger partial charge on any atom is -0.385 e. The summed E-state index contributed by atoms with van der Waals surface area (Å²) < 4.78 is 37.9. The lowest BCUT2D eigenvalue weighted by Crippen LogP contribution is -2.17. The third-order valence-electron chi connectivity index (χ3n) is 2.33. The molecule has 1 aromatic rings. The number of nitrogens with one attached hydrogen (secondary N) is 1. The number of hydrogen-bond donors (Lipinski definition) is 1. The van der Waals surface area contributed by atoms with Crippen molar-refractivity contribution in [3.63, 3.8) is 0 Å². The van der Waals surface area contributed by atoms with Gasteiger partial charge in [0, 0.05) is 12.2 Å². The molecular weight excluding hydrogens is 229 g/mol. The van der Waals surface area contributed by atoms with Crippen molar-refractivity contribution < 1.29 is 13.2 Å². The smallest absolute Gasteiger partial charge is 0.385 e. The summed E-state index contributed by atoms with van der Waals surface area (Å²) in [7, 11) is 3.87. The van der Waals surface area contributed by atoms with E-state index in [4.69, 9.17) is 0 Å². The highest BCUT2D eigenvalue weighted by molar-refractivity contribution is 5.52. The molecule has 17 heavy (non-hydrogen) atoms. The van der Waals surface area contributed by atoms with E-state index in [0.29, 0.717) is 6.54 Å². The Balaban J connectivity index is 2.59. The predicted octanol–water partition coefficient (Wildman–Crippen LogP) is 3.07.